The lowest BCUT2D eigenvalue weighted by atomic mass is 10.0. The molecule has 1 unspecified atom stereocenters. The molecular formula is C54H111N2O6P. The molecule has 0 fully saturated rings. The van der Waals surface area contributed by atoms with Gasteiger partial charge in [-0.3, -0.25) is 13.8 Å². The van der Waals surface area contributed by atoms with Gasteiger partial charge in [-0.2, -0.15) is 0 Å². The lowest BCUT2D eigenvalue weighted by molar-refractivity contribution is -0.123. The van der Waals surface area contributed by atoms with Gasteiger partial charge in [-0.15, -0.1) is 0 Å². The van der Waals surface area contributed by atoms with Gasteiger partial charge in [0.05, 0.1) is 25.4 Å². The summed E-state index contributed by atoms with van der Waals surface area (Å²) in [6.07, 6.45) is 59.0. The van der Waals surface area contributed by atoms with Crippen molar-refractivity contribution < 1.29 is 28.4 Å². The number of carbonyl (C=O) groups excluding carboxylic acids is 1. The van der Waals surface area contributed by atoms with Crippen LogP contribution in [0.2, 0.25) is 0 Å². The van der Waals surface area contributed by atoms with Gasteiger partial charge in [0.25, 0.3) is 0 Å². The molecule has 9 heteroatoms. The molecule has 0 aliphatic rings. The van der Waals surface area contributed by atoms with Gasteiger partial charge >= 0.3 is 7.82 Å². The standard InChI is InChI=1S/C54H111N2O6P/c1-3-5-7-9-11-13-14-15-16-17-18-19-20-21-22-23-24-25-26-27-28-29-30-31-32-33-34-35-36-37-38-40-42-44-46-48-54(58)56-52(51-62-63(59,60)61-50-49-55)53(57)47-45-43-41-39-12-10-8-6-4-2/h52-53,57H,3-51,55H2,1-2H3,(H,56,58)(H,59,60)/t52-,53+/m0/s1. The van der Waals surface area contributed by atoms with Crippen LogP contribution in [0.15, 0.2) is 0 Å². The van der Waals surface area contributed by atoms with Crippen molar-refractivity contribution in [2.45, 2.75) is 321 Å². The van der Waals surface area contributed by atoms with Crippen molar-refractivity contribution in [1.82, 2.24) is 5.32 Å². The highest BCUT2D eigenvalue weighted by Crippen LogP contribution is 2.43. The van der Waals surface area contributed by atoms with Crippen molar-refractivity contribution in [2.24, 2.45) is 5.73 Å². The minimum atomic E-state index is -4.31. The second kappa shape index (κ2) is 50.9. The minimum absolute atomic E-state index is 0.0923. The first-order valence-corrected chi connectivity index (χ1v) is 29.6. The molecule has 8 nitrogen and oxygen atoms in total. The van der Waals surface area contributed by atoms with E-state index < -0.39 is 20.0 Å². The van der Waals surface area contributed by atoms with Crippen LogP contribution in [0.25, 0.3) is 0 Å². The summed E-state index contributed by atoms with van der Waals surface area (Å²) >= 11 is 0. The predicted octanol–water partition coefficient (Wildman–Crippen LogP) is 16.9. The van der Waals surface area contributed by atoms with Crippen molar-refractivity contribution in [3.05, 3.63) is 0 Å². The maximum atomic E-state index is 12.8. The molecule has 3 atom stereocenters. The van der Waals surface area contributed by atoms with Crippen molar-refractivity contribution in [3.8, 4) is 0 Å². The Morgan fingerprint density at radius 1 is 0.460 bits per heavy atom. The summed E-state index contributed by atoms with van der Waals surface area (Å²) in [5, 5.41) is 13.8. The van der Waals surface area contributed by atoms with E-state index in [1.165, 1.54) is 244 Å². The number of nitrogens with two attached hydrogens (primary N) is 1. The van der Waals surface area contributed by atoms with Crippen LogP contribution in [-0.4, -0.2) is 47.8 Å². The van der Waals surface area contributed by atoms with Crippen LogP contribution in [0.4, 0.5) is 0 Å². The summed E-state index contributed by atoms with van der Waals surface area (Å²) in [5.41, 5.74) is 5.38. The number of amides is 1. The van der Waals surface area contributed by atoms with Crippen molar-refractivity contribution in [1.29, 1.82) is 0 Å². The fourth-order valence-corrected chi connectivity index (χ4v) is 9.73. The maximum absolute atomic E-state index is 12.8. The maximum Gasteiger partial charge on any atom is 0.472 e. The first-order valence-electron chi connectivity index (χ1n) is 28.2. The molecule has 0 aromatic heterocycles. The summed E-state index contributed by atoms with van der Waals surface area (Å²) in [7, 11) is -4.31. The van der Waals surface area contributed by atoms with E-state index >= 15 is 0 Å². The van der Waals surface area contributed by atoms with Crippen LogP contribution in [0.1, 0.15) is 309 Å². The fraction of sp³-hybridized carbons (Fsp3) is 0.981. The van der Waals surface area contributed by atoms with E-state index in [1.807, 2.05) is 0 Å². The number of carbonyl (C=O) groups is 1. The van der Waals surface area contributed by atoms with Gasteiger partial charge in [-0.25, -0.2) is 4.57 Å². The number of aliphatic hydroxyl groups excluding tert-OH is 1. The molecule has 0 radical (unpaired) electrons. The lowest BCUT2D eigenvalue weighted by Gasteiger charge is -2.25. The Balaban J connectivity index is 3.66. The Kier molecular flexibility index (Phi) is 50.5. The summed E-state index contributed by atoms with van der Waals surface area (Å²) in [6, 6.07) is -0.767. The molecule has 63 heavy (non-hydrogen) atoms. The number of nitrogens with one attached hydrogen (secondary N) is 1. The van der Waals surface area contributed by atoms with Crippen molar-refractivity contribution in [3.63, 3.8) is 0 Å². The normalized spacial score (nSPS) is 13.7. The number of aliphatic hydroxyl groups is 1. The van der Waals surface area contributed by atoms with E-state index in [0.29, 0.717) is 12.8 Å². The van der Waals surface area contributed by atoms with Crippen LogP contribution in [0, 0.1) is 0 Å². The topological polar surface area (TPSA) is 131 Å². The highest BCUT2D eigenvalue weighted by atomic mass is 31.2. The summed E-state index contributed by atoms with van der Waals surface area (Å²) < 4.78 is 22.2. The second-order valence-corrected chi connectivity index (χ2v) is 21.0. The molecule has 1 amide bonds. The molecule has 0 heterocycles. The molecule has 0 spiro atoms. The molecule has 0 aromatic rings. The van der Waals surface area contributed by atoms with E-state index in [9.17, 15) is 19.4 Å². The van der Waals surface area contributed by atoms with Gasteiger partial charge in [-0.05, 0) is 12.8 Å². The Morgan fingerprint density at radius 3 is 1.02 bits per heavy atom. The molecular weight excluding hydrogens is 804 g/mol. The largest absolute Gasteiger partial charge is 0.472 e. The zero-order valence-corrected chi connectivity index (χ0v) is 43.2. The van der Waals surface area contributed by atoms with Crippen LogP contribution in [0.5, 0.6) is 0 Å². The molecule has 0 bridgehead atoms. The third-order valence-electron chi connectivity index (χ3n) is 13.2. The van der Waals surface area contributed by atoms with E-state index in [0.717, 1.165) is 38.5 Å². The van der Waals surface area contributed by atoms with Crippen LogP contribution >= 0.6 is 7.82 Å². The van der Waals surface area contributed by atoms with Gasteiger partial charge in [0.2, 0.25) is 5.91 Å². The first-order chi connectivity index (χ1) is 30.9. The Bertz CT molecular complexity index is 957. The SMILES string of the molecule is CCCCCCCCCCCCCCCCCCCCCCCCCCCCCCCCCCCCCC(=O)N[C@@H](COP(=O)(O)OCCN)[C@H](O)CCCCCCCCCCC. The lowest BCUT2D eigenvalue weighted by Crippen LogP contribution is -2.46. The minimum Gasteiger partial charge on any atom is -0.391 e. The number of unbranched alkanes of at least 4 members (excludes halogenated alkanes) is 42. The van der Waals surface area contributed by atoms with Crippen LogP contribution in [-0.2, 0) is 18.4 Å². The highest BCUT2D eigenvalue weighted by Gasteiger charge is 2.27. The molecule has 0 aliphatic heterocycles. The van der Waals surface area contributed by atoms with Crippen molar-refractivity contribution >= 4 is 13.7 Å². The summed E-state index contributed by atoms with van der Waals surface area (Å²) in [6.45, 7) is 4.23. The predicted molar refractivity (Wildman–Crippen MR) is 272 cm³/mol. The van der Waals surface area contributed by atoms with Crippen LogP contribution < -0.4 is 11.1 Å². The van der Waals surface area contributed by atoms with Gasteiger partial charge in [0, 0.05) is 13.0 Å². The van der Waals surface area contributed by atoms with E-state index in [2.05, 4.69) is 19.2 Å². The third-order valence-corrected chi connectivity index (χ3v) is 14.2. The zero-order chi connectivity index (χ0) is 46.0. The monoisotopic (exact) mass is 915 g/mol. The van der Waals surface area contributed by atoms with Gasteiger partial charge in [0.15, 0.2) is 0 Å². The van der Waals surface area contributed by atoms with E-state index in [1.54, 1.807) is 0 Å². The van der Waals surface area contributed by atoms with E-state index in [-0.39, 0.29) is 25.7 Å². The van der Waals surface area contributed by atoms with Gasteiger partial charge < -0.3 is 21.1 Å². The highest BCUT2D eigenvalue weighted by molar-refractivity contribution is 7.47. The molecule has 0 saturated carbocycles. The number of phosphoric ester groups is 1. The number of hydrogen-bond donors (Lipinski definition) is 4. The molecule has 0 rings (SSSR count). The number of phosphoric acid groups is 1. The van der Waals surface area contributed by atoms with Crippen molar-refractivity contribution in [2.75, 3.05) is 19.8 Å². The Hall–Kier alpha value is -0.500. The Labute approximate surface area is 392 Å². The van der Waals surface area contributed by atoms with Gasteiger partial charge in [0.1, 0.15) is 0 Å². The summed E-state index contributed by atoms with van der Waals surface area (Å²) in [5.74, 6) is -0.156. The number of rotatable bonds is 54. The zero-order valence-electron chi connectivity index (χ0n) is 42.4. The average molecular weight is 915 g/mol. The molecule has 0 saturated heterocycles. The second-order valence-electron chi connectivity index (χ2n) is 19.5. The third kappa shape index (κ3) is 49.2. The quantitative estimate of drug-likeness (QED) is 0.0353. The summed E-state index contributed by atoms with van der Waals surface area (Å²) in [4.78, 5) is 22.8. The fourth-order valence-electron chi connectivity index (χ4n) is 8.97. The molecule has 0 aliphatic carbocycles. The first kappa shape index (κ1) is 62.5. The van der Waals surface area contributed by atoms with Gasteiger partial charge in [-0.1, -0.05) is 290 Å². The molecule has 378 valence electrons. The Morgan fingerprint density at radius 2 is 0.730 bits per heavy atom. The average Bonchev–Trinajstić information content (AvgIpc) is 3.27. The smallest absolute Gasteiger partial charge is 0.391 e. The van der Waals surface area contributed by atoms with Crippen LogP contribution in [0.3, 0.4) is 0 Å². The molecule has 5 N–H and O–H groups in total. The molecule has 0 aromatic carbocycles. The van der Waals surface area contributed by atoms with E-state index in [4.69, 9.17) is 14.8 Å². The number of hydrogen-bond acceptors (Lipinski definition) is 6.